The van der Waals surface area contributed by atoms with Gasteiger partial charge in [-0.3, -0.25) is 4.98 Å². The van der Waals surface area contributed by atoms with Crippen molar-refractivity contribution in [2.75, 3.05) is 6.61 Å². The number of hydrogen-bond donors (Lipinski definition) is 1. The van der Waals surface area contributed by atoms with Crippen LogP contribution in [-0.4, -0.2) is 28.0 Å². The molecule has 2 heterocycles. The zero-order chi connectivity index (χ0) is 17.4. The van der Waals surface area contributed by atoms with Crippen molar-refractivity contribution >= 4 is 22.7 Å². The van der Waals surface area contributed by atoms with E-state index in [1.807, 2.05) is 4.98 Å². The third-order valence-electron chi connectivity index (χ3n) is 2.91. The molecule has 6 nitrogen and oxygen atoms in total. The van der Waals surface area contributed by atoms with Gasteiger partial charge in [-0.1, -0.05) is 11.6 Å². The van der Waals surface area contributed by atoms with Crippen molar-refractivity contribution in [3.63, 3.8) is 0 Å². The summed E-state index contributed by atoms with van der Waals surface area (Å²) < 4.78 is 61.0. The fourth-order valence-electron chi connectivity index (χ4n) is 1.96. The number of fused-ring (bicyclic) bond motifs is 1. The minimum atomic E-state index is -2.73. The number of rotatable bonds is 4. The van der Waals surface area contributed by atoms with E-state index in [0.717, 1.165) is 12.3 Å². The fraction of sp³-hybridized carbons (Fsp3) is 0.154. The van der Waals surface area contributed by atoms with E-state index in [9.17, 15) is 22.4 Å². The first-order chi connectivity index (χ1) is 11.4. The number of nitrogens with zero attached hydrogens (tertiary/aromatic N) is 2. The average molecular weight is 364 g/mol. The summed E-state index contributed by atoms with van der Waals surface area (Å²) in [5, 5.41) is -0.371. The highest BCUT2D eigenvalue weighted by atomic mass is 35.5. The van der Waals surface area contributed by atoms with Crippen molar-refractivity contribution in [2.24, 2.45) is 0 Å². The van der Waals surface area contributed by atoms with Crippen LogP contribution in [0.2, 0.25) is 5.15 Å². The molecule has 126 valence electrons. The predicted molar refractivity (Wildman–Crippen MR) is 74.3 cm³/mol. The number of H-pyrrole nitrogens is 1. The monoisotopic (exact) mass is 363 g/mol. The zero-order valence-electron chi connectivity index (χ0n) is 11.4. The van der Waals surface area contributed by atoms with Gasteiger partial charge in [-0.15, -0.1) is 0 Å². The quantitative estimate of drug-likeness (QED) is 0.720. The van der Waals surface area contributed by atoms with Crippen LogP contribution in [0, 0.1) is 11.6 Å². The second kappa shape index (κ2) is 6.11. The molecule has 0 saturated heterocycles. The summed E-state index contributed by atoms with van der Waals surface area (Å²) in [6.07, 6.45) is -1.70. The van der Waals surface area contributed by atoms with Crippen LogP contribution in [0.4, 0.5) is 17.6 Å². The van der Waals surface area contributed by atoms with E-state index < -0.39 is 35.9 Å². The van der Waals surface area contributed by atoms with E-state index in [2.05, 4.69) is 14.7 Å². The number of benzene rings is 1. The molecule has 0 atom stereocenters. The molecule has 0 fully saturated rings. The van der Waals surface area contributed by atoms with Gasteiger partial charge in [-0.2, -0.15) is 0 Å². The number of oxazole rings is 1. The predicted octanol–water partition coefficient (Wildman–Crippen LogP) is 3.15. The van der Waals surface area contributed by atoms with Crippen LogP contribution < -0.4 is 10.5 Å². The molecule has 0 spiro atoms. The van der Waals surface area contributed by atoms with E-state index in [4.69, 9.17) is 16.0 Å². The largest absolute Gasteiger partial charge is 0.469 e. The molecule has 0 amide bonds. The first kappa shape index (κ1) is 16.2. The van der Waals surface area contributed by atoms with Crippen LogP contribution in [0.3, 0.4) is 0 Å². The summed E-state index contributed by atoms with van der Waals surface area (Å²) in [6.45, 7) is -0.935. The molecular formula is C13H6ClF4N3O3. The summed E-state index contributed by atoms with van der Waals surface area (Å²) in [5.41, 5.74) is -0.940. The number of aromatic amines is 1. The number of alkyl halides is 2. The number of halogens is 5. The number of aromatic nitrogens is 3. The summed E-state index contributed by atoms with van der Waals surface area (Å²) >= 11 is 5.78. The molecule has 0 aliphatic heterocycles. The highest BCUT2D eigenvalue weighted by molar-refractivity contribution is 6.30. The standard InChI is InChI=1S/C13H6ClF4N3O3/c14-11-12(23-3-7(16)17)19-2-6(20-11)4-1-5(15)8(18)9-10(4)24-13(22)21-9/h1-2,7H,3H2,(H,21,22). The maximum atomic E-state index is 13.7. The van der Waals surface area contributed by atoms with E-state index in [1.165, 1.54) is 0 Å². The molecule has 0 bridgehead atoms. The second-order valence-electron chi connectivity index (χ2n) is 4.49. The van der Waals surface area contributed by atoms with Gasteiger partial charge in [0.05, 0.1) is 17.5 Å². The topological polar surface area (TPSA) is 81.0 Å². The molecule has 0 aliphatic rings. The van der Waals surface area contributed by atoms with Crippen molar-refractivity contribution in [2.45, 2.75) is 6.43 Å². The maximum Gasteiger partial charge on any atom is 0.417 e. The summed E-state index contributed by atoms with van der Waals surface area (Å²) in [6, 6.07) is 0.745. The number of ether oxygens (including phenoxy) is 1. The second-order valence-corrected chi connectivity index (χ2v) is 4.85. The smallest absolute Gasteiger partial charge is 0.417 e. The Bertz CT molecular complexity index is 973. The van der Waals surface area contributed by atoms with Crippen molar-refractivity contribution in [1.29, 1.82) is 0 Å². The molecule has 11 heteroatoms. The van der Waals surface area contributed by atoms with E-state index in [1.54, 1.807) is 0 Å². The number of hydrogen-bond acceptors (Lipinski definition) is 5. The van der Waals surface area contributed by atoms with Gasteiger partial charge in [-0.05, 0) is 6.07 Å². The van der Waals surface area contributed by atoms with Crippen LogP contribution in [0.1, 0.15) is 0 Å². The van der Waals surface area contributed by atoms with Gasteiger partial charge in [0.25, 0.3) is 12.3 Å². The van der Waals surface area contributed by atoms with E-state index >= 15 is 0 Å². The maximum absolute atomic E-state index is 13.7. The van der Waals surface area contributed by atoms with Crippen molar-refractivity contribution in [1.82, 2.24) is 15.0 Å². The Kier molecular flexibility index (Phi) is 4.14. The van der Waals surface area contributed by atoms with Gasteiger partial charge in [0.15, 0.2) is 29.0 Å². The zero-order valence-corrected chi connectivity index (χ0v) is 12.2. The molecule has 3 rings (SSSR count). The third-order valence-corrected chi connectivity index (χ3v) is 3.16. The fourth-order valence-corrected chi connectivity index (χ4v) is 2.16. The molecule has 2 aromatic heterocycles. The summed E-state index contributed by atoms with van der Waals surface area (Å²) in [4.78, 5) is 20.8. The van der Waals surface area contributed by atoms with Crippen LogP contribution in [0.5, 0.6) is 5.88 Å². The van der Waals surface area contributed by atoms with Crippen molar-refractivity contribution in [3.8, 4) is 17.1 Å². The average Bonchev–Trinajstić information content (AvgIpc) is 2.91. The Morgan fingerprint density at radius 1 is 1.38 bits per heavy atom. The highest BCUT2D eigenvalue weighted by Gasteiger charge is 2.20. The molecule has 0 unspecified atom stereocenters. The SMILES string of the molecule is O=c1[nH]c2c(F)c(F)cc(-c3cnc(OCC(F)F)c(Cl)n3)c2o1. The Morgan fingerprint density at radius 2 is 2.12 bits per heavy atom. The molecular weight excluding hydrogens is 358 g/mol. The highest BCUT2D eigenvalue weighted by Crippen LogP contribution is 2.31. The first-order valence-corrected chi connectivity index (χ1v) is 6.69. The van der Waals surface area contributed by atoms with Crippen LogP contribution in [-0.2, 0) is 0 Å². The van der Waals surface area contributed by atoms with E-state index in [-0.39, 0.29) is 27.9 Å². The lowest BCUT2D eigenvalue weighted by Crippen LogP contribution is -2.08. The molecule has 1 N–H and O–H groups in total. The van der Waals surface area contributed by atoms with Gasteiger partial charge >= 0.3 is 5.76 Å². The first-order valence-electron chi connectivity index (χ1n) is 6.31. The summed E-state index contributed by atoms with van der Waals surface area (Å²) in [7, 11) is 0. The Hall–Kier alpha value is -2.62. The molecule has 0 saturated carbocycles. The molecule has 3 aromatic rings. The minimum Gasteiger partial charge on any atom is -0.469 e. The third kappa shape index (κ3) is 2.92. The number of nitrogens with one attached hydrogen (secondary N) is 1. The van der Waals surface area contributed by atoms with Crippen molar-refractivity contribution in [3.05, 3.63) is 39.6 Å². The van der Waals surface area contributed by atoms with E-state index in [0.29, 0.717) is 0 Å². The molecule has 24 heavy (non-hydrogen) atoms. The van der Waals surface area contributed by atoms with Gasteiger partial charge < -0.3 is 9.15 Å². The molecule has 0 radical (unpaired) electrons. The lowest BCUT2D eigenvalue weighted by Gasteiger charge is -2.08. The van der Waals surface area contributed by atoms with Gasteiger partial charge in [0.2, 0.25) is 0 Å². The Balaban J connectivity index is 2.09. The Morgan fingerprint density at radius 3 is 2.79 bits per heavy atom. The lowest BCUT2D eigenvalue weighted by molar-refractivity contribution is 0.0794. The lowest BCUT2D eigenvalue weighted by atomic mass is 10.1. The molecule has 1 aromatic carbocycles. The summed E-state index contributed by atoms with van der Waals surface area (Å²) in [5.74, 6) is -3.90. The minimum absolute atomic E-state index is 0.0731. The van der Waals surface area contributed by atoms with Crippen molar-refractivity contribution < 1.29 is 26.7 Å². The van der Waals surface area contributed by atoms with Crippen LogP contribution in [0.15, 0.2) is 21.5 Å². The normalized spacial score (nSPS) is 11.4. The van der Waals surface area contributed by atoms with Gasteiger partial charge in [-0.25, -0.2) is 32.3 Å². The van der Waals surface area contributed by atoms with Crippen LogP contribution in [0.25, 0.3) is 22.4 Å². The van der Waals surface area contributed by atoms with Gasteiger partial charge in [0, 0.05) is 0 Å². The van der Waals surface area contributed by atoms with Crippen LogP contribution >= 0.6 is 11.6 Å². The molecule has 0 aliphatic carbocycles. The Labute approximate surface area is 135 Å². The van der Waals surface area contributed by atoms with Gasteiger partial charge in [0.1, 0.15) is 5.52 Å².